The Balaban J connectivity index is 1.51. The Morgan fingerprint density at radius 1 is 1.20 bits per heavy atom. The van der Waals surface area contributed by atoms with Gasteiger partial charge in [0.05, 0.1) is 0 Å². The molecule has 1 aliphatic rings. The highest BCUT2D eigenvalue weighted by atomic mass is 19.1. The molecular weight excluding hydrogens is 315 g/mol. The Morgan fingerprint density at radius 3 is 2.84 bits per heavy atom. The molecule has 132 valence electrons. The second-order valence-electron chi connectivity index (χ2n) is 6.76. The summed E-state index contributed by atoms with van der Waals surface area (Å²) < 4.78 is 13.6. The minimum atomic E-state index is -0.174. The first-order chi connectivity index (χ1) is 12.1. The van der Waals surface area contributed by atoms with Gasteiger partial charge in [-0.15, -0.1) is 0 Å². The lowest BCUT2D eigenvalue weighted by Crippen LogP contribution is -2.34. The van der Waals surface area contributed by atoms with Crippen molar-refractivity contribution in [3.8, 4) is 0 Å². The molecule has 0 bridgehead atoms. The lowest BCUT2D eigenvalue weighted by Gasteiger charge is -2.25. The van der Waals surface area contributed by atoms with Crippen molar-refractivity contribution in [2.24, 2.45) is 0 Å². The number of amides is 1. The van der Waals surface area contributed by atoms with Crippen LogP contribution in [0.5, 0.6) is 0 Å². The number of hydrogen-bond donors (Lipinski definition) is 1. The third-order valence-electron chi connectivity index (χ3n) is 4.82. The average Bonchev–Trinajstić information content (AvgIpc) is 2.93. The number of halogens is 1. The Bertz CT molecular complexity index is 731. The molecule has 2 aromatic rings. The van der Waals surface area contributed by atoms with Gasteiger partial charge in [-0.05, 0) is 37.9 Å². The number of carbonyl (C=O) groups is 1. The van der Waals surface area contributed by atoms with Gasteiger partial charge in [0.1, 0.15) is 5.82 Å². The highest BCUT2D eigenvalue weighted by molar-refractivity contribution is 5.78. The Morgan fingerprint density at radius 2 is 2.04 bits per heavy atom. The summed E-state index contributed by atoms with van der Waals surface area (Å²) in [4.78, 5) is 14.2. The molecule has 1 heterocycles. The smallest absolute Gasteiger partial charge is 0.223 e. The van der Waals surface area contributed by atoms with E-state index in [-0.39, 0.29) is 17.8 Å². The van der Waals surface area contributed by atoms with Crippen molar-refractivity contribution in [3.63, 3.8) is 0 Å². The van der Waals surface area contributed by atoms with E-state index in [0.717, 1.165) is 19.4 Å². The summed E-state index contributed by atoms with van der Waals surface area (Å²) in [6, 6.07) is 15.4. The zero-order valence-corrected chi connectivity index (χ0v) is 14.7. The fraction of sp³-hybridized carbons (Fsp3) is 0.381. The number of likely N-dealkylation sites (tertiary alicyclic amines) is 1. The van der Waals surface area contributed by atoms with Crippen LogP contribution in [-0.2, 0) is 17.9 Å². The summed E-state index contributed by atoms with van der Waals surface area (Å²) in [5.74, 6) is 0.0627. The summed E-state index contributed by atoms with van der Waals surface area (Å²) in [6.45, 7) is 4.04. The molecule has 1 N–H and O–H groups in total. The fourth-order valence-corrected chi connectivity index (χ4v) is 3.45. The maximum Gasteiger partial charge on any atom is 0.223 e. The van der Waals surface area contributed by atoms with Crippen LogP contribution in [0, 0.1) is 12.7 Å². The van der Waals surface area contributed by atoms with Gasteiger partial charge in [-0.2, -0.15) is 0 Å². The molecular formula is C21H25FN2O. The zero-order chi connectivity index (χ0) is 17.6. The Kier molecular flexibility index (Phi) is 5.82. The summed E-state index contributed by atoms with van der Waals surface area (Å²) in [7, 11) is 0. The van der Waals surface area contributed by atoms with E-state index in [1.54, 1.807) is 12.1 Å². The van der Waals surface area contributed by atoms with Crippen LogP contribution in [0.1, 0.15) is 36.0 Å². The zero-order valence-electron chi connectivity index (χ0n) is 14.7. The quantitative estimate of drug-likeness (QED) is 0.778. The molecule has 1 amide bonds. The van der Waals surface area contributed by atoms with Crippen molar-refractivity contribution in [1.82, 2.24) is 10.2 Å². The van der Waals surface area contributed by atoms with Gasteiger partial charge in [0.15, 0.2) is 0 Å². The van der Waals surface area contributed by atoms with Gasteiger partial charge in [0.2, 0.25) is 5.91 Å². The summed E-state index contributed by atoms with van der Waals surface area (Å²) in [5.41, 5.74) is 3.08. The van der Waals surface area contributed by atoms with Crippen LogP contribution in [-0.4, -0.2) is 23.4 Å². The molecule has 0 radical (unpaired) electrons. The Hall–Kier alpha value is -2.20. The lowest BCUT2D eigenvalue weighted by molar-refractivity contribution is -0.129. The van der Waals surface area contributed by atoms with Gasteiger partial charge in [-0.25, -0.2) is 4.39 Å². The number of carbonyl (C=O) groups excluding carboxylic acids is 1. The maximum absolute atomic E-state index is 13.6. The van der Waals surface area contributed by atoms with Crippen molar-refractivity contribution in [1.29, 1.82) is 0 Å². The fourth-order valence-electron chi connectivity index (χ4n) is 3.45. The topological polar surface area (TPSA) is 32.3 Å². The van der Waals surface area contributed by atoms with E-state index in [9.17, 15) is 9.18 Å². The van der Waals surface area contributed by atoms with Crippen LogP contribution >= 0.6 is 0 Å². The predicted octanol–water partition coefficient (Wildman–Crippen LogP) is 3.81. The Labute approximate surface area is 148 Å². The van der Waals surface area contributed by atoms with Crippen molar-refractivity contribution >= 4 is 5.91 Å². The molecule has 25 heavy (non-hydrogen) atoms. The van der Waals surface area contributed by atoms with E-state index >= 15 is 0 Å². The van der Waals surface area contributed by atoms with E-state index in [0.29, 0.717) is 25.1 Å². The number of aryl methyl sites for hydroxylation is 1. The molecule has 3 nitrogen and oxygen atoms in total. The van der Waals surface area contributed by atoms with Gasteiger partial charge in [-0.1, -0.05) is 48.0 Å². The number of benzene rings is 2. The molecule has 3 rings (SSSR count). The van der Waals surface area contributed by atoms with Gasteiger partial charge < -0.3 is 10.2 Å². The van der Waals surface area contributed by atoms with E-state index in [2.05, 4.69) is 30.4 Å². The maximum atomic E-state index is 13.6. The first-order valence-electron chi connectivity index (χ1n) is 8.92. The summed E-state index contributed by atoms with van der Waals surface area (Å²) in [5, 5.41) is 3.30. The van der Waals surface area contributed by atoms with E-state index in [1.165, 1.54) is 17.2 Å². The minimum Gasteiger partial charge on any atom is -0.335 e. The lowest BCUT2D eigenvalue weighted by atomic mass is 10.1. The van der Waals surface area contributed by atoms with Gasteiger partial charge in [0.25, 0.3) is 0 Å². The van der Waals surface area contributed by atoms with E-state index in [1.807, 2.05) is 17.0 Å². The van der Waals surface area contributed by atoms with E-state index in [4.69, 9.17) is 0 Å². The molecule has 1 atom stereocenters. The van der Waals surface area contributed by atoms with Gasteiger partial charge in [0, 0.05) is 31.1 Å². The normalized spacial score (nSPS) is 17.3. The van der Waals surface area contributed by atoms with Crippen molar-refractivity contribution < 1.29 is 9.18 Å². The number of rotatable bonds is 7. The SMILES string of the molecule is Cc1cccc(CN2C(=O)CC[C@H]2CCNCc2ccccc2F)c1. The minimum absolute atomic E-state index is 0.174. The molecule has 0 unspecified atom stereocenters. The second kappa shape index (κ2) is 8.26. The third kappa shape index (κ3) is 4.67. The highest BCUT2D eigenvalue weighted by Crippen LogP contribution is 2.24. The van der Waals surface area contributed by atoms with Crippen LogP contribution in [0.2, 0.25) is 0 Å². The van der Waals surface area contributed by atoms with Crippen molar-refractivity contribution in [2.45, 2.75) is 45.3 Å². The first kappa shape index (κ1) is 17.6. The number of nitrogens with zero attached hydrogens (tertiary/aromatic N) is 1. The molecule has 4 heteroatoms. The number of hydrogen-bond acceptors (Lipinski definition) is 2. The van der Waals surface area contributed by atoms with Gasteiger partial charge >= 0.3 is 0 Å². The van der Waals surface area contributed by atoms with Crippen LogP contribution in [0.3, 0.4) is 0 Å². The highest BCUT2D eigenvalue weighted by Gasteiger charge is 2.30. The summed E-state index contributed by atoms with van der Waals surface area (Å²) >= 11 is 0. The molecule has 0 spiro atoms. The molecule has 1 fully saturated rings. The number of nitrogens with one attached hydrogen (secondary N) is 1. The van der Waals surface area contributed by atoms with E-state index < -0.39 is 0 Å². The monoisotopic (exact) mass is 340 g/mol. The van der Waals surface area contributed by atoms with Crippen LogP contribution in [0.25, 0.3) is 0 Å². The molecule has 0 aromatic heterocycles. The average molecular weight is 340 g/mol. The van der Waals surface area contributed by atoms with Crippen molar-refractivity contribution in [3.05, 3.63) is 71.0 Å². The van der Waals surface area contributed by atoms with Crippen LogP contribution in [0.4, 0.5) is 4.39 Å². The standard InChI is InChI=1S/C21H25FN2O/c1-16-5-4-6-17(13-16)15-24-19(9-10-21(24)25)11-12-23-14-18-7-2-3-8-20(18)22/h2-8,13,19,23H,9-12,14-15H2,1H3/t19-/m0/s1. The largest absolute Gasteiger partial charge is 0.335 e. The molecule has 0 saturated carbocycles. The first-order valence-corrected chi connectivity index (χ1v) is 8.92. The molecule has 1 saturated heterocycles. The summed E-state index contributed by atoms with van der Waals surface area (Å²) in [6.07, 6.45) is 2.43. The van der Waals surface area contributed by atoms with Crippen LogP contribution < -0.4 is 5.32 Å². The van der Waals surface area contributed by atoms with Gasteiger partial charge in [-0.3, -0.25) is 4.79 Å². The second-order valence-corrected chi connectivity index (χ2v) is 6.76. The molecule has 2 aromatic carbocycles. The molecule has 1 aliphatic heterocycles. The van der Waals surface area contributed by atoms with Crippen LogP contribution in [0.15, 0.2) is 48.5 Å². The predicted molar refractivity (Wildman–Crippen MR) is 97.5 cm³/mol. The van der Waals surface area contributed by atoms with Crippen molar-refractivity contribution in [2.75, 3.05) is 6.54 Å². The third-order valence-corrected chi connectivity index (χ3v) is 4.82. The molecule has 0 aliphatic carbocycles.